The predicted molar refractivity (Wildman–Crippen MR) is 81.0 cm³/mol. The van der Waals surface area contributed by atoms with Crippen molar-refractivity contribution in [2.24, 2.45) is 5.92 Å². The Morgan fingerprint density at radius 1 is 1.39 bits per heavy atom. The fourth-order valence-corrected chi connectivity index (χ4v) is 4.32. The number of fused-ring (bicyclic) bond motifs is 1. The molecule has 0 aromatic carbocycles. The van der Waals surface area contributed by atoms with Gasteiger partial charge < -0.3 is 9.32 Å². The molecular formula is C14H16N6O2S. The SMILES string of the molecule is Cc1nnc(C23CC(CN2C(=O)Nc2nc(C4CC4)ns2)C3)o1. The van der Waals surface area contributed by atoms with E-state index in [1.165, 1.54) is 11.5 Å². The summed E-state index contributed by atoms with van der Waals surface area (Å²) in [4.78, 5) is 18.9. The van der Waals surface area contributed by atoms with Gasteiger partial charge >= 0.3 is 6.03 Å². The number of rotatable bonds is 3. The molecule has 23 heavy (non-hydrogen) atoms. The molecule has 4 aliphatic rings. The van der Waals surface area contributed by atoms with Crippen LogP contribution < -0.4 is 5.32 Å². The van der Waals surface area contributed by atoms with Crippen LogP contribution >= 0.6 is 11.5 Å². The Hall–Kier alpha value is -2.03. The fourth-order valence-electron chi connectivity index (χ4n) is 3.68. The van der Waals surface area contributed by atoms with Gasteiger partial charge in [0.15, 0.2) is 0 Å². The van der Waals surface area contributed by atoms with Crippen LogP contribution in [-0.2, 0) is 5.54 Å². The van der Waals surface area contributed by atoms with Crippen molar-refractivity contribution in [3.8, 4) is 0 Å². The van der Waals surface area contributed by atoms with Crippen molar-refractivity contribution >= 4 is 22.7 Å². The number of hydrogen-bond acceptors (Lipinski definition) is 7. The van der Waals surface area contributed by atoms with Crippen LogP contribution in [0.4, 0.5) is 9.93 Å². The first kappa shape index (κ1) is 13.4. The highest BCUT2D eigenvalue weighted by molar-refractivity contribution is 7.09. The fraction of sp³-hybridized carbons (Fsp3) is 0.643. The third-order valence-electron chi connectivity index (χ3n) is 4.98. The first-order valence-electron chi connectivity index (χ1n) is 7.87. The van der Waals surface area contributed by atoms with Gasteiger partial charge in [0, 0.05) is 30.9 Å². The van der Waals surface area contributed by atoms with E-state index in [4.69, 9.17) is 4.42 Å². The summed E-state index contributed by atoms with van der Waals surface area (Å²) in [5.41, 5.74) is -0.431. The van der Waals surface area contributed by atoms with Crippen LogP contribution in [0.15, 0.2) is 4.42 Å². The van der Waals surface area contributed by atoms with Crippen molar-refractivity contribution in [1.29, 1.82) is 0 Å². The molecule has 120 valence electrons. The number of aromatic nitrogens is 4. The molecule has 0 radical (unpaired) electrons. The van der Waals surface area contributed by atoms with Crippen LogP contribution in [0.2, 0.25) is 0 Å². The van der Waals surface area contributed by atoms with Gasteiger partial charge in [0.1, 0.15) is 11.4 Å². The number of carbonyl (C=O) groups excluding carboxylic acids is 1. The monoisotopic (exact) mass is 332 g/mol. The van der Waals surface area contributed by atoms with E-state index in [1.807, 2.05) is 4.90 Å². The molecule has 9 heteroatoms. The molecular weight excluding hydrogens is 316 g/mol. The Kier molecular flexibility index (Phi) is 2.62. The lowest BCUT2D eigenvalue weighted by Crippen LogP contribution is -2.47. The molecule has 2 saturated heterocycles. The number of nitrogens with zero attached hydrogens (tertiary/aromatic N) is 5. The second-order valence-electron chi connectivity index (χ2n) is 6.70. The summed E-state index contributed by atoms with van der Waals surface area (Å²) in [7, 11) is 0. The molecule has 0 unspecified atom stereocenters. The molecule has 2 aromatic heterocycles. The van der Waals surface area contributed by atoms with Crippen molar-refractivity contribution in [2.45, 2.75) is 44.1 Å². The van der Waals surface area contributed by atoms with E-state index in [0.29, 0.717) is 28.7 Å². The highest BCUT2D eigenvalue weighted by Crippen LogP contribution is 2.56. The van der Waals surface area contributed by atoms with E-state index >= 15 is 0 Å². The number of anilines is 1. The summed E-state index contributed by atoms with van der Waals surface area (Å²) in [6, 6.07) is -0.153. The van der Waals surface area contributed by atoms with E-state index in [2.05, 4.69) is 24.9 Å². The largest absolute Gasteiger partial charge is 0.423 e. The molecule has 0 atom stereocenters. The number of nitrogens with one attached hydrogen (secondary N) is 1. The first-order chi connectivity index (χ1) is 11.1. The predicted octanol–water partition coefficient (Wildman–Crippen LogP) is 2.26. The quantitative estimate of drug-likeness (QED) is 0.926. The number of amides is 2. The van der Waals surface area contributed by atoms with Crippen molar-refractivity contribution in [2.75, 3.05) is 11.9 Å². The molecule has 2 aliphatic carbocycles. The van der Waals surface area contributed by atoms with E-state index in [0.717, 1.165) is 38.1 Å². The van der Waals surface area contributed by atoms with Gasteiger partial charge in [-0.25, -0.2) is 9.78 Å². The van der Waals surface area contributed by atoms with Gasteiger partial charge in [-0.1, -0.05) is 0 Å². The van der Waals surface area contributed by atoms with Gasteiger partial charge in [-0.05, 0) is 31.6 Å². The number of hydrogen-bond donors (Lipinski definition) is 1. The molecule has 0 spiro atoms. The molecule has 6 rings (SSSR count). The van der Waals surface area contributed by atoms with Crippen LogP contribution in [0.3, 0.4) is 0 Å². The zero-order valence-corrected chi connectivity index (χ0v) is 13.5. The topological polar surface area (TPSA) is 97.0 Å². The molecule has 2 aromatic rings. The smallest absolute Gasteiger partial charge is 0.324 e. The van der Waals surface area contributed by atoms with E-state index in [9.17, 15) is 4.79 Å². The number of aryl methyl sites for hydroxylation is 1. The van der Waals surface area contributed by atoms with Gasteiger partial charge in [0.2, 0.25) is 16.9 Å². The van der Waals surface area contributed by atoms with E-state index in [-0.39, 0.29) is 6.03 Å². The van der Waals surface area contributed by atoms with Crippen LogP contribution in [-0.4, -0.2) is 37.0 Å². The molecule has 4 heterocycles. The van der Waals surface area contributed by atoms with Crippen molar-refractivity contribution in [3.05, 3.63) is 17.6 Å². The van der Waals surface area contributed by atoms with Gasteiger partial charge in [-0.3, -0.25) is 5.32 Å². The minimum Gasteiger partial charge on any atom is -0.423 e. The highest BCUT2D eigenvalue weighted by atomic mass is 32.1. The first-order valence-corrected chi connectivity index (χ1v) is 8.64. The lowest BCUT2D eigenvalue weighted by atomic mass is 9.73. The third kappa shape index (κ3) is 1.99. The molecule has 2 bridgehead atoms. The molecule has 2 amide bonds. The van der Waals surface area contributed by atoms with Crippen LogP contribution in [0.5, 0.6) is 0 Å². The molecule has 2 aliphatic heterocycles. The lowest BCUT2D eigenvalue weighted by molar-refractivity contribution is 0.0965. The Bertz CT molecular complexity index is 776. The minimum absolute atomic E-state index is 0.153. The Balaban J connectivity index is 1.36. The Morgan fingerprint density at radius 3 is 2.91 bits per heavy atom. The average Bonchev–Trinajstić information content (AvgIpc) is 2.90. The van der Waals surface area contributed by atoms with Crippen LogP contribution in [0.25, 0.3) is 0 Å². The maximum atomic E-state index is 12.7. The van der Waals surface area contributed by atoms with Crippen LogP contribution in [0, 0.1) is 12.8 Å². The standard InChI is InChI=1S/C14H16N6O2S/c1-7-17-18-11(22-7)14-4-8(5-14)6-20(14)13(21)16-12-15-10(19-23-12)9-2-3-9/h8-9H,2-6H2,1H3,(H,15,16,19,21). The second kappa shape index (κ2) is 4.50. The number of urea groups is 1. The minimum atomic E-state index is -0.431. The van der Waals surface area contributed by atoms with Crippen molar-refractivity contribution in [1.82, 2.24) is 24.5 Å². The van der Waals surface area contributed by atoms with Gasteiger partial charge in [0.05, 0.1) is 0 Å². The summed E-state index contributed by atoms with van der Waals surface area (Å²) < 4.78 is 9.94. The Labute approximate surface area is 136 Å². The number of carbonyl (C=O) groups is 1. The highest BCUT2D eigenvalue weighted by Gasteiger charge is 2.62. The van der Waals surface area contributed by atoms with Crippen LogP contribution in [0.1, 0.15) is 49.2 Å². The van der Waals surface area contributed by atoms with E-state index in [1.54, 1.807) is 6.92 Å². The van der Waals surface area contributed by atoms with E-state index < -0.39 is 5.54 Å². The van der Waals surface area contributed by atoms with Gasteiger partial charge in [-0.2, -0.15) is 4.37 Å². The maximum Gasteiger partial charge on any atom is 0.324 e. The lowest BCUT2D eigenvalue weighted by Gasteiger charge is -2.38. The Morgan fingerprint density at radius 2 is 2.22 bits per heavy atom. The summed E-state index contributed by atoms with van der Waals surface area (Å²) in [6.07, 6.45) is 4.09. The van der Waals surface area contributed by atoms with Gasteiger partial charge in [-0.15, -0.1) is 10.2 Å². The molecule has 2 saturated carbocycles. The molecule has 8 nitrogen and oxygen atoms in total. The second-order valence-corrected chi connectivity index (χ2v) is 7.46. The summed E-state index contributed by atoms with van der Waals surface area (Å²) in [6.45, 7) is 2.49. The van der Waals surface area contributed by atoms with Gasteiger partial charge in [0.25, 0.3) is 0 Å². The van der Waals surface area contributed by atoms with Crippen molar-refractivity contribution < 1.29 is 9.21 Å². The normalized spacial score (nSPS) is 28.7. The summed E-state index contributed by atoms with van der Waals surface area (Å²) in [5.74, 6) is 2.95. The zero-order valence-electron chi connectivity index (χ0n) is 12.7. The summed E-state index contributed by atoms with van der Waals surface area (Å²) >= 11 is 1.25. The van der Waals surface area contributed by atoms with Crippen molar-refractivity contribution in [3.63, 3.8) is 0 Å². The summed E-state index contributed by atoms with van der Waals surface area (Å²) in [5, 5.41) is 11.5. The molecule has 4 fully saturated rings. The average molecular weight is 332 g/mol. The third-order valence-corrected chi connectivity index (χ3v) is 5.62. The zero-order chi connectivity index (χ0) is 15.6. The maximum absolute atomic E-state index is 12.7. The molecule has 1 N–H and O–H groups in total.